The van der Waals surface area contributed by atoms with E-state index < -0.39 is 35.9 Å². The van der Waals surface area contributed by atoms with E-state index in [9.17, 15) is 29.1 Å². The highest BCUT2D eigenvalue weighted by molar-refractivity contribution is 7.09. The van der Waals surface area contributed by atoms with E-state index in [1.807, 2.05) is 65.1 Å². The fourth-order valence-electron chi connectivity index (χ4n) is 6.87. The number of benzene rings is 1. The van der Waals surface area contributed by atoms with Crippen LogP contribution >= 0.6 is 11.3 Å². The highest BCUT2D eigenvalue weighted by Crippen LogP contribution is 2.32. The highest BCUT2D eigenvalue weighted by atomic mass is 32.1. The van der Waals surface area contributed by atoms with Crippen molar-refractivity contribution in [2.45, 2.75) is 110 Å². The lowest BCUT2D eigenvalue weighted by Crippen LogP contribution is -2.48. The molecule has 0 spiro atoms. The molecule has 12 heteroatoms. The molecule has 2 N–H and O–H groups in total. The lowest BCUT2D eigenvalue weighted by atomic mass is 9.83. The topological polar surface area (TPSA) is 146 Å². The van der Waals surface area contributed by atoms with Crippen LogP contribution in [0.2, 0.25) is 0 Å². The smallest absolute Gasteiger partial charge is 0.306 e. The minimum absolute atomic E-state index is 0.00173. The predicted molar refractivity (Wildman–Crippen MR) is 194 cm³/mol. The zero-order valence-corrected chi connectivity index (χ0v) is 31.5. The Kier molecular flexibility index (Phi) is 16.0. The van der Waals surface area contributed by atoms with Gasteiger partial charge >= 0.3 is 5.97 Å². The summed E-state index contributed by atoms with van der Waals surface area (Å²) in [5.74, 6) is -2.54. The van der Waals surface area contributed by atoms with E-state index in [2.05, 4.69) is 15.2 Å². The van der Waals surface area contributed by atoms with E-state index in [-0.39, 0.29) is 60.6 Å². The molecular weight excluding hydrogens is 657 g/mol. The number of carboxylic acids is 1. The molecule has 3 rings (SSSR count). The molecule has 1 saturated heterocycles. The van der Waals surface area contributed by atoms with Gasteiger partial charge < -0.3 is 20.1 Å². The Balaban J connectivity index is 1.78. The van der Waals surface area contributed by atoms with Crippen LogP contribution in [0.15, 0.2) is 35.7 Å². The maximum atomic E-state index is 14.2. The van der Waals surface area contributed by atoms with Gasteiger partial charge in [0.2, 0.25) is 5.91 Å². The molecule has 0 unspecified atom stereocenters. The number of likely N-dealkylation sites (N-methyl/N-ethyl adjacent to an activating group) is 1. The fraction of sp³-hybridized carbons (Fsp3) is 0.632. The van der Waals surface area contributed by atoms with Crippen LogP contribution in [0.4, 0.5) is 0 Å². The van der Waals surface area contributed by atoms with Gasteiger partial charge in [-0.25, -0.2) is 4.98 Å². The second-order valence-corrected chi connectivity index (χ2v) is 15.2. The Morgan fingerprint density at radius 2 is 1.82 bits per heavy atom. The van der Waals surface area contributed by atoms with Gasteiger partial charge in [-0.05, 0) is 56.7 Å². The van der Waals surface area contributed by atoms with E-state index >= 15 is 0 Å². The molecule has 276 valence electrons. The number of ether oxygens (including phenoxy) is 1. The second kappa shape index (κ2) is 19.7. The number of aliphatic carboxylic acids is 1. The number of likely N-dealkylation sites (tertiary alicyclic amines) is 1. The second-order valence-electron chi connectivity index (χ2n) is 14.3. The molecule has 1 fully saturated rings. The molecule has 7 atom stereocenters. The number of thiazole rings is 1. The molecule has 0 bridgehead atoms. The minimum atomic E-state index is -0.941. The Morgan fingerprint density at radius 3 is 2.42 bits per heavy atom. The fourth-order valence-corrected chi connectivity index (χ4v) is 7.72. The van der Waals surface area contributed by atoms with Crippen LogP contribution in [-0.2, 0) is 30.3 Å². The number of Topliss-reactive ketones (excluding diaryl/α,β-unsaturated/α-hetero) is 1. The van der Waals surface area contributed by atoms with Gasteiger partial charge in [-0.2, -0.15) is 0 Å². The summed E-state index contributed by atoms with van der Waals surface area (Å²) in [6.07, 6.45) is 3.98. The van der Waals surface area contributed by atoms with Crippen LogP contribution in [0.5, 0.6) is 0 Å². The maximum absolute atomic E-state index is 14.2. The van der Waals surface area contributed by atoms with Crippen molar-refractivity contribution in [3.63, 3.8) is 0 Å². The number of carbonyl (C=O) groups excluding carboxylic acids is 4. The minimum Gasteiger partial charge on any atom is -0.481 e. The van der Waals surface area contributed by atoms with Gasteiger partial charge in [0.05, 0.1) is 12.0 Å². The molecule has 0 saturated carbocycles. The van der Waals surface area contributed by atoms with Gasteiger partial charge in [-0.15, -0.1) is 11.3 Å². The molecule has 11 nitrogen and oxygen atoms in total. The first-order chi connectivity index (χ1) is 23.8. The zero-order valence-electron chi connectivity index (χ0n) is 30.7. The molecule has 0 aliphatic carbocycles. The van der Waals surface area contributed by atoms with Crippen LogP contribution < -0.4 is 5.32 Å². The molecule has 2 aromatic rings. The third-order valence-electron chi connectivity index (χ3n) is 10.3. The number of carboxylic acid groups (broad SMARTS) is 1. The Labute approximate surface area is 301 Å². The summed E-state index contributed by atoms with van der Waals surface area (Å²) in [5, 5.41) is 14.5. The summed E-state index contributed by atoms with van der Waals surface area (Å²) in [4.78, 5) is 72.7. The number of nitrogens with zero attached hydrogens (tertiary/aromatic N) is 3. The van der Waals surface area contributed by atoms with E-state index in [1.54, 1.807) is 24.3 Å². The lowest BCUT2D eigenvalue weighted by Gasteiger charge is -2.37. The summed E-state index contributed by atoms with van der Waals surface area (Å²) in [6, 6.07) is 8.58. The SMILES string of the molecule is CC[C@H](C)[C@H](CC(=O)[C@H]1CCCCN1C)C(=O)N(C)[C@H](C[C@@H](OC=O)c1nc(C(=O)N[C@@H](Cc2ccccc2)C[C@H](C)C(=O)O)cs1)C(C)C. The van der Waals surface area contributed by atoms with Crippen molar-refractivity contribution in [3.05, 3.63) is 52.0 Å². The first-order valence-corrected chi connectivity index (χ1v) is 18.8. The number of hydrogen-bond donors (Lipinski definition) is 2. The summed E-state index contributed by atoms with van der Waals surface area (Å²) < 4.78 is 5.53. The molecule has 1 aromatic heterocycles. The molecule has 0 radical (unpaired) electrons. The molecular formula is C38H56N4O7S. The standard InChI is InChI=1S/C38H56N4O7S/c1-8-25(4)29(20-33(44)31-16-12-13-17-41(31)6)37(46)42(7)32(24(2)3)21-34(49-23-43)36-40-30(22-50-36)35(45)39-28(18-26(5)38(47)48)19-27-14-10-9-11-15-27/h9-11,14-15,22-26,28-29,31-32,34H,8,12-13,16-21H2,1-7H3,(H,39,45)(H,47,48)/t25-,26-,28+,29-,31+,32+,34+/m0/s1. The van der Waals surface area contributed by atoms with Gasteiger partial charge in [0.1, 0.15) is 10.7 Å². The molecule has 1 aromatic carbocycles. The van der Waals surface area contributed by atoms with Crippen molar-refractivity contribution in [2.24, 2.45) is 23.7 Å². The third-order valence-corrected chi connectivity index (χ3v) is 11.2. The van der Waals surface area contributed by atoms with E-state index in [1.165, 1.54) is 11.3 Å². The molecule has 1 aliphatic heterocycles. The lowest BCUT2D eigenvalue weighted by molar-refractivity contribution is -0.144. The number of amides is 2. The molecule has 2 heterocycles. The van der Waals surface area contributed by atoms with Crippen molar-refractivity contribution >= 4 is 41.4 Å². The number of rotatable bonds is 20. The van der Waals surface area contributed by atoms with E-state index in [4.69, 9.17) is 4.74 Å². The van der Waals surface area contributed by atoms with Crippen molar-refractivity contribution in [1.29, 1.82) is 0 Å². The van der Waals surface area contributed by atoms with E-state index in [0.29, 0.717) is 17.9 Å². The van der Waals surface area contributed by atoms with Crippen molar-refractivity contribution in [3.8, 4) is 0 Å². The Hall–Kier alpha value is -3.64. The average Bonchev–Trinajstić information content (AvgIpc) is 3.59. The third kappa shape index (κ3) is 11.4. The van der Waals surface area contributed by atoms with Gasteiger partial charge in [-0.3, -0.25) is 28.9 Å². The Bertz CT molecular complexity index is 1420. The normalized spacial score (nSPS) is 18.7. The first-order valence-electron chi connectivity index (χ1n) is 17.9. The van der Waals surface area contributed by atoms with Crippen LogP contribution in [0.1, 0.15) is 107 Å². The van der Waals surface area contributed by atoms with Gasteiger partial charge in [0, 0.05) is 43.3 Å². The number of piperidine rings is 1. The van der Waals surface area contributed by atoms with Crippen LogP contribution in [0, 0.1) is 23.7 Å². The summed E-state index contributed by atoms with van der Waals surface area (Å²) >= 11 is 1.19. The van der Waals surface area contributed by atoms with E-state index in [0.717, 1.165) is 37.8 Å². The molecule has 1 aliphatic rings. The highest BCUT2D eigenvalue weighted by Gasteiger charge is 2.37. The summed E-state index contributed by atoms with van der Waals surface area (Å²) in [7, 11) is 3.73. The quantitative estimate of drug-likeness (QED) is 0.163. The summed E-state index contributed by atoms with van der Waals surface area (Å²) in [6.45, 7) is 10.9. The van der Waals surface area contributed by atoms with Crippen molar-refractivity contribution < 1.29 is 33.8 Å². The zero-order chi connectivity index (χ0) is 37.0. The van der Waals surface area contributed by atoms with Crippen LogP contribution in [0.3, 0.4) is 0 Å². The maximum Gasteiger partial charge on any atom is 0.306 e. The van der Waals surface area contributed by atoms with Gasteiger partial charge in [0.15, 0.2) is 11.9 Å². The monoisotopic (exact) mass is 712 g/mol. The first kappa shape index (κ1) is 40.8. The largest absolute Gasteiger partial charge is 0.481 e. The Morgan fingerprint density at radius 1 is 1.12 bits per heavy atom. The molecule has 50 heavy (non-hydrogen) atoms. The van der Waals surface area contributed by atoms with Crippen molar-refractivity contribution in [2.75, 3.05) is 20.6 Å². The van der Waals surface area contributed by atoms with Gasteiger partial charge in [0.25, 0.3) is 12.4 Å². The predicted octanol–water partition coefficient (Wildman–Crippen LogP) is 5.79. The average molecular weight is 713 g/mol. The number of carbonyl (C=O) groups is 5. The van der Waals surface area contributed by atoms with Gasteiger partial charge in [-0.1, -0.05) is 77.8 Å². The van der Waals surface area contributed by atoms with Crippen LogP contribution in [0.25, 0.3) is 0 Å². The number of aromatic nitrogens is 1. The van der Waals surface area contributed by atoms with Crippen LogP contribution in [-0.4, -0.2) is 88.7 Å². The number of hydrogen-bond acceptors (Lipinski definition) is 9. The summed E-state index contributed by atoms with van der Waals surface area (Å²) in [5.41, 5.74) is 1.10. The number of nitrogens with one attached hydrogen (secondary N) is 1. The molecule has 2 amide bonds. The van der Waals surface area contributed by atoms with Crippen molar-refractivity contribution in [1.82, 2.24) is 20.1 Å². The number of ketones is 1.